The molecule has 1 aliphatic heterocycles. The first-order valence-electron chi connectivity index (χ1n) is 9.65. The minimum atomic E-state index is 0.00694. The van der Waals surface area contributed by atoms with E-state index in [9.17, 15) is 0 Å². The van der Waals surface area contributed by atoms with Gasteiger partial charge in [-0.25, -0.2) is 0 Å². The van der Waals surface area contributed by atoms with Gasteiger partial charge in [0.25, 0.3) is 0 Å². The summed E-state index contributed by atoms with van der Waals surface area (Å²) in [6, 6.07) is 1.12. The Morgan fingerprint density at radius 3 is 1.96 bits per heavy atom. The zero-order chi connectivity index (χ0) is 18.9. The summed E-state index contributed by atoms with van der Waals surface area (Å²) in [5.41, 5.74) is 5.66. The molecule has 2 rings (SSSR count). The van der Waals surface area contributed by atoms with E-state index in [4.69, 9.17) is 41.9 Å². The number of hydrogen-bond donors (Lipinski definition) is 1. The van der Waals surface area contributed by atoms with E-state index in [1.807, 2.05) is 0 Å². The normalized spacial score (nSPS) is 29.4. The van der Waals surface area contributed by atoms with Crippen molar-refractivity contribution in [3.63, 3.8) is 0 Å². The summed E-state index contributed by atoms with van der Waals surface area (Å²) in [5.74, 6) is 0. The van der Waals surface area contributed by atoms with Gasteiger partial charge in [-0.2, -0.15) is 63.9 Å². The van der Waals surface area contributed by atoms with Gasteiger partial charge < -0.3 is 32.3 Å². The summed E-state index contributed by atoms with van der Waals surface area (Å²) < 4.78 is 0. The van der Waals surface area contributed by atoms with Crippen molar-refractivity contribution in [1.82, 2.24) is 0 Å². The summed E-state index contributed by atoms with van der Waals surface area (Å²) in [6.07, 6.45) is 7.02. The van der Waals surface area contributed by atoms with Crippen LogP contribution in [0.3, 0.4) is 0 Å². The molecule has 157 valence electrons. The fourth-order valence-corrected chi connectivity index (χ4v) is 3.34. The maximum absolute atomic E-state index is 5.66. The quantitative estimate of drug-likeness (QED) is 0.626. The van der Waals surface area contributed by atoms with Gasteiger partial charge in [-0.15, -0.1) is 0 Å². The van der Waals surface area contributed by atoms with Crippen molar-refractivity contribution in [2.45, 2.75) is 56.7 Å². The van der Waals surface area contributed by atoms with E-state index in [0.29, 0.717) is 18.1 Å². The second-order valence-corrected chi connectivity index (χ2v) is 8.53. The molecule has 2 fully saturated rings. The van der Waals surface area contributed by atoms with Gasteiger partial charge in [0.1, 0.15) is 0 Å². The van der Waals surface area contributed by atoms with Gasteiger partial charge >= 0.3 is 33.3 Å². The molecule has 0 spiro atoms. The van der Waals surface area contributed by atoms with E-state index in [1.165, 1.54) is 25.7 Å². The Balaban J connectivity index is 0.00000105. The summed E-state index contributed by atoms with van der Waals surface area (Å²) in [4.78, 5) is 0. The monoisotopic (exact) mass is 446 g/mol. The molecule has 0 radical (unpaired) electrons. The first-order valence-corrected chi connectivity index (χ1v) is 12.9. The van der Waals surface area contributed by atoms with Gasteiger partial charge in [0, 0.05) is 0 Å². The Morgan fingerprint density at radius 2 is 1.35 bits per heavy atom. The van der Waals surface area contributed by atoms with Crippen LogP contribution in [0, 0.1) is 0 Å². The Hall–Kier alpha value is 0.859. The van der Waals surface area contributed by atoms with Crippen LogP contribution in [0.25, 0.3) is 26.6 Å². The number of nitrogens with zero attached hydrogens (tertiary/aromatic N) is 5. The summed E-state index contributed by atoms with van der Waals surface area (Å²) in [7, 11) is 9.59. The second kappa shape index (κ2) is 17.9. The van der Waals surface area contributed by atoms with E-state index < -0.39 is 0 Å². The molecule has 0 amide bonds. The van der Waals surface area contributed by atoms with Crippen LogP contribution in [0.5, 0.6) is 0 Å². The first-order chi connectivity index (χ1) is 12.8. The van der Waals surface area contributed by atoms with Gasteiger partial charge in [0.05, 0.1) is 0 Å². The van der Waals surface area contributed by atoms with Crippen molar-refractivity contribution < 1.29 is 13.1 Å². The fourth-order valence-electron chi connectivity index (χ4n) is 3.34. The molecule has 0 aromatic heterocycles. The number of hydrogen-bond acceptors (Lipinski definition) is 1. The second-order valence-electron chi connectivity index (χ2n) is 6.58. The molecule has 1 saturated carbocycles. The van der Waals surface area contributed by atoms with Gasteiger partial charge in [-0.1, -0.05) is 32.1 Å². The van der Waals surface area contributed by atoms with Crippen molar-refractivity contribution in [3.8, 4) is 0 Å². The molecule has 6 nitrogen and oxygen atoms in total. The van der Waals surface area contributed by atoms with Crippen molar-refractivity contribution in [2.24, 2.45) is 5.73 Å². The van der Waals surface area contributed by atoms with Crippen molar-refractivity contribution in [1.29, 1.82) is 0 Å². The fraction of sp³-hybridized carbons (Fsp3) is 1.00. The molecule has 1 aliphatic carbocycles. The average Bonchev–Trinajstić information content (AvgIpc) is 2.66. The van der Waals surface area contributed by atoms with Gasteiger partial charge in [0.2, 0.25) is 0 Å². The Bertz CT molecular complexity index is 317. The molecule has 9 heteroatoms. The summed E-state index contributed by atoms with van der Waals surface area (Å²) in [5, 5.41) is 23.7. The van der Waals surface area contributed by atoms with Gasteiger partial charge in [-0.3, -0.25) is 0 Å². The molecule has 0 bridgehead atoms. The SMILES string of the molecule is NCCC[C@H]1C[N-][C@@H]2CCCC[C@H]2[N-]CC[N-]CC[N-]CC[N-]1.[Cl][Mn][Cl]. The molecule has 1 heterocycles. The number of rotatable bonds is 3. The topological polar surface area (TPSA) is 96.5 Å². The predicted molar refractivity (Wildman–Crippen MR) is 111 cm³/mol. The Morgan fingerprint density at radius 1 is 0.808 bits per heavy atom. The van der Waals surface area contributed by atoms with E-state index in [1.54, 1.807) is 0 Å². The van der Waals surface area contributed by atoms with Crippen LogP contribution >= 0.6 is 20.2 Å². The molecule has 2 N–H and O–H groups in total. The van der Waals surface area contributed by atoms with Crippen LogP contribution in [0.4, 0.5) is 0 Å². The molecular weight excluding hydrogens is 414 g/mol. The zero-order valence-corrected chi connectivity index (χ0v) is 18.3. The van der Waals surface area contributed by atoms with Crippen LogP contribution in [-0.2, 0) is 13.1 Å². The van der Waals surface area contributed by atoms with Crippen molar-refractivity contribution in [2.75, 3.05) is 52.4 Å². The van der Waals surface area contributed by atoms with Crippen LogP contribution in [0.2, 0.25) is 0 Å². The summed E-state index contributed by atoms with van der Waals surface area (Å²) >= 11 is 0.00694. The third kappa shape index (κ3) is 12.3. The number of halogens is 2. The molecule has 0 unspecified atom stereocenters. The molecular formula is C17H33Cl2MnN6-5. The van der Waals surface area contributed by atoms with E-state index >= 15 is 0 Å². The molecule has 3 atom stereocenters. The first kappa shape index (κ1) is 24.9. The number of nitrogens with two attached hydrogens (primary N) is 1. The molecule has 2 aliphatic rings. The third-order valence-electron chi connectivity index (χ3n) is 4.67. The van der Waals surface area contributed by atoms with Crippen molar-refractivity contribution >= 4 is 20.2 Å². The Labute approximate surface area is 174 Å². The van der Waals surface area contributed by atoms with Crippen LogP contribution in [0.15, 0.2) is 0 Å². The van der Waals surface area contributed by atoms with Gasteiger partial charge in [0.15, 0.2) is 0 Å². The van der Waals surface area contributed by atoms with Crippen LogP contribution in [0.1, 0.15) is 38.5 Å². The molecule has 0 aromatic rings. The predicted octanol–water partition coefficient (Wildman–Crippen LogP) is 4.66. The van der Waals surface area contributed by atoms with Crippen LogP contribution < -0.4 is 5.73 Å². The maximum atomic E-state index is 5.66. The summed E-state index contributed by atoms with van der Waals surface area (Å²) in [6.45, 7) is 6.51. The van der Waals surface area contributed by atoms with Crippen LogP contribution in [-0.4, -0.2) is 70.5 Å². The third-order valence-corrected chi connectivity index (χ3v) is 4.67. The van der Waals surface area contributed by atoms with Crippen molar-refractivity contribution in [3.05, 3.63) is 26.6 Å². The molecule has 1 saturated heterocycles. The average molecular weight is 447 g/mol. The Kier molecular flexibility index (Phi) is 17.2. The zero-order valence-electron chi connectivity index (χ0n) is 15.6. The minimum absolute atomic E-state index is 0.00694. The van der Waals surface area contributed by atoms with E-state index in [0.717, 1.165) is 65.2 Å². The molecule has 26 heavy (non-hydrogen) atoms. The van der Waals surface area contributed by atoms with E-state index in [2.05, 4.69) is 10.6 Å². The van der Waals surface area contributed by atoms with E-state index in [-0.39, 0.29) is 13.1 Å². The van der Waals surface area contributed by atoms with Gasteiger partial charge in [-0.05, 0) is 13.0 Å². The number of fused-ring (bicyclic) bond motifs is 1. The molecule has 0 aromatic carbocycles. The standard InChI is InChI=1S/C17H33N6.2ClH.Mn/c18-7-3-4-15-14-23-17-6-2-1-5-16(17)22-13-11-20-9-8-19-10-12-21-15;;;/h15-17H,1-14,18H2;2*1H;/q-5;;;+2/p-2/t15-,16+,17+;;;/m0.../s1.